The highest BCUT2D eigenvalue weighted by Gasteiger charge is 2.40. The van der Waals surface area contributed by atoms with Gasteiger partial charge >= 0.3 is 6.18 Å². The van der Waals surface area contributed by atoms with Crippen molar-refractivity contribution >= 4 is 11.6 Å². The molecule has 2 aliphatic rings. The number of piperazine rings is 1. The molecule has 264 valence electrons. The van der Waals surface area contributed by atoms with Crippen LogP contribution in [0.15, 0.2) is 79.6 Å². The van der Waals surface area contributed by atoms with Gasteiger partial charge in [0.2, 0.25) is 0 Å². The van der Waals surface area contributed by atoms with E-state index >= 15 is 0 Å². The zero-order chi connectivity index (χ0) is 35.4. The van der Waals surface area contributed by atoms with Crippen molar-refractivity contribution in [3.63, 3.8) is 0 Å². The van der Waals surface area contributed by atoms with Crippen LogP contribution in [-0.2, 0) is 32.1 Å². The van der Waals surface area contributed by atoms with E-state index in [1.165, 1.54) is 12.1 Å². The predicted octanol–water partition coefficient (Wildman–Crippen LogP) is 7.33. The second-order valence-electron chi connectivity index (χ2n) is 13.3. The van der Waals surface area contributed by atoms with Crippen LogP contribution in [0.5, 0.6) is 11.5 Å². The Morgan fingerprint density at radius 2 is 1.48 bits per heavy atom. The van der Waals surface area contributed by atoms with Crippen molar-refractivity contribution in [3.8, 4) is 11.5 Å². The smallest absolute Gasteiger partial charge is 0.418 e. The second kappa shape index (κ2) is 15.1. The first-order valence-corrected chi connectivity index (χ1v) is 17.1. The molecule has 11 heteroatoms. The molecule has 0 N–H and O–H groups in total. The van der Waals surface area contributed by atoms with Gasteiger partial charge in [-0.2, -0.15) is 13.2 Å². The van der Waals surface area contributed by atoms with Gasteiger partial charge in [-0.15, -0.1) is 6.58 Å². The summed E-state index contributed by atoms with van der Waals surface area (Å²) in [5, 5.41) is 0. The molecule has 0 amide bonds. The third kappa shape index (κ3) is 7.72. The molecule has 4 aromatic rings. The molecule has 3 heterocycles. The Morgan fingerprint density at radius 3 is 2.02 bits per heavy atom. The number of hydrogen-bond donors (Lipinski definition) is 0. The maximum absolute atomic E-state index is 14.7. The molecular weight excluding hydrogens is 641 g/mol. The number of nitrogens with zero attached hydrogens (tertiary/aromatic N) is 6. The van der Waals surface area contributed by atoms with Gasteiger partial charge in [0.1, 0.15) is 29.5 Å². The fourth-order valence-corrected chi connectivity index (χ4v) is 7.11. The molecule has 3 unspecified atom stereocenters. The van der Waals surface area contributed by atoms with Gasteiger partial charge in [-0.3, -0.25) is 4.90 Å². The molecule has 2 aromatic heterocycles. The summed E-state index contributed by atoms with van der Waals surface area (Å²) >= 11 is 0. The lowest BCUT2D eigenvalue weighted by Gasteiger charge is -2.39. The molecule has 6 rings (SSSR count). The average Bonchev–Trinajstić information content (AvgIpc) is 3.13. The molecule has 50 heavy (non-hydrogen) atoms. The standard InChI is InChI=1S/C39H45F3N6O2/c1-6-27(3)46-17-19-47(20-18-46)38-33-21-26(2)32(22-35(33)43-25-44-38)37-34(39(40,41)42)15-16-36(45-37)48(23-28-7-11-30(49-4)12-8-28)24-29-9-13-31(50-5)14-10-29/h6-16,25-27,32H,1,17-24H2,2-5H3. The highest BCUT2D eigenvalue weighted by atomic mass is 19.4. The lowest BCUT2D eigenvalue weighted by atomic mass is 9.75. The molecule has 0 spiro atoms. The lowest BCUT2D eigenvalue weighted by molar-refractivity contribution is -0.138. The third-order valence-electron chi connectivity index (χ3n) is 10.1. The lowest BCUT2D eigenvalue weighted by Crippen LogP contribution is -2.49. The molecule has 0 radical (unpaired) electrons. The minimum Gasteiger partial charge on any atom is -0.497 e. The van der Waals surface area contributed by atoms with E-state index in [0.717, 1.165) is 65.9 Å². The van der Waals surface area contributed by atoms with Crippen molar-refractivity contribution in [2.75, 3.05) is 50.2 Å². The Kier molecular flexibility index (Phi) is 10.6. The number of halogens is 3. The van der Waals surface area contributed by atoms with Crippen LogP contribution in [0.3, 0.4) is 0 Å². The molecule has 1 aliphatic carbocycles. The van der Waals surface area contributed by atoms with Crippen molar-refractivity contribution in [2.45, 2.75) is 57.9 Å². The maximum Gasteiger partial charge on any atom is 0.418 e. The summed E-state index contributed by atoms with van der Waals surface area (Å²) in [6.45, 7) is 12.4. The highest BCUT2D eigenvalue weighted by molar-refractivity contribution is 5.52. The van der Waals surface area contributed by atoms with Gasteiger partial charge in [0.15, 0.2) is 0 Å². The van der Waals surface area contributed by atoms with Crippen LogP contribution < -0.4 is 19.3 Å². The maximum atomic E-state index is 14.7. The van der Waals surface area contributed by atoms with Gasteiger partial charge in [-0.25, -0.2) is 15.0 Å². The van der Waals surface area contributed by atoms with Gasteiger partial charge in [-0.1, -0.05) is 37.3 Å². The van der Waals surface area contributed by atoms with Crippen LogP contribution >= 0.6 is 0 Å². The minimum atomic E-state index is -4.56. The molecule has 0 bridgehead atoms. The van der Waals surface area contributed by atoms with E-state index in [0.29, 0.717) is 37.8 Å². The quantitative estimate of drug-likeness (QED) is 0.152. The number of anilines is 2. The minimum absolute atomic E-state index is 0.0646. The van der Waals surface area contributed by atoms with E-state index in [4.69, 9.17) is 19.4 Å². The number of pyridine rings is 1. The fraction of sp³-hybridized carbons (Fsp3) is 0.410. The zero-order valence-corrected chi connectivity index (χ0v) is 29.2. The van der Waals surface area contributed by atoms with Crippen LogP contribution in [-0.4, -0.2) is 66.3 Å². The van der Waals surface area contributed by atoms with Gasteiger partial charge < -0.3 is 19.3 Å². The van der Waals surface area contributed by atoms with Gasteiger partial charge in [0.25, 0.3) is 0 Å². The number of rotatable bonds is 11. The van der Waals surface area contributed by atoms with E-state index in [1.807, 2.05) is 66.4 Å². The molecule has 0 saturated carbocycles. The van der Waals surface area contributed by atoms with E-state index in [2.05, 4.69) is 28.3 Å². The second-order valence-corrected chi connectivity index (χ2v) is 13.3. The number of aromatic nitrogens is 3. The Bertz CT molecular complexity index is 1710. The van der Waals surface area contributed by atoms with Gasteiger partial charge in [0, 0.05) is 62.5 Å². The summed E-state index contributed by atoms with van der Waals surface area (Å²) in [4.78, 5) is 20.9. The largest absolute Gasteiger partial charge is 0.497 e. The predicted molar refractivity (Wildman–Crippen MR) is 190 cm³/mol. The van der Waals surface area contributed by atoms with Gasteiger partial charge in [0.05, 0.1) is 25.5 Å². The van der Waals surface area contributed by atoms with E-state index in [9.17, 15) is 13.2 Å². The summed E-state index contributed by atoms with van der Waals surface area (Å²) in [5.41, 5.74) is 3.16. The molecule has 3 atom stereocenters. The molecule has 1 saturated heterocycles. The Hall–Kier alpha value is -4.64. The van der Waals surface area contributed by atoms with Crippen LogP contribution in [0.25, 0.3) is 0 Å². The van der Waals surface area contributed by atoms with Crippen molar-refractivity contribution in [3.05, 3.63) is 113 Å². The molecule has 1 aliphatic heterocycles. The van der Waals surface area contributed by atoms with Crippen molar-refractivity contribution < 1.29 is 22.6 Å². The van der Waals surface area contributed by atoms with Crippen molar-refractivity contribution in [1.82, 2.24) is 19.9 Å². The zero-order valence-electron chi connectivity index (χ0n) is 29.2. The number of alkyl halides is 3. The normalized spacial score (nSPS) is 18.7. The number of methoxy groups -OCH3 is 2. The molecule has 1 fully saturated rings. The first kappa shape index (κ1) is 35.2. The number of benzene rings is 2. The van der Waals surface area contributed by atoms with Crippen molar-refractivity contribution in [1.29, 1.82) is 0 Å². The SMILES string of the molecule is C=CC(C)N1CCN(c2ncnc3c2CC(C)C(c2nc(N(Cc4ccc(OC)cc4)Cc4ccc(OC)cc4)ccc2C(F)(F)F)C3)CC1. The summed E-state index contributed by atoms with van der Waals surface area (Å²) in [7, 11) is 3.23. The molecule has 8 nitrogen and oxygen atoms in total. The Morgan fingerprint density at radius 1 is 0.880 bits per heavy atom. The number of hydrogen-bond acceptors (Lipinski definition) is 8. The van der Waals surface area contributed by atoms with E-state index in [1.54, 1.807) is 20.5 Å². The average molecular weight is 687 g/mol. The topological polar surface area (TPSA) is 66.9 Å². The van der Waals surface area contributed by atoms with Crippen LogP contribution in [0.1, 0.15) is 53.4 Å². The first-order chi connectivity index (χ1) is 24.1. The molecular formula is C39H45F3N6O2. The van der Waals surface area contributed by atoms with Crippen LogP contribution in [0.4, 0.5) is 24.8 Å². The van der Waals surface area contributed by atoms with E-state index in [-0.39, 0.29) is 11.6 Å². The summed E-state index contributed by atoms with van der Waals surface area (Å²) in [6.07, 6.45) is -0.115. The van der Waals surface area contributed by atoms with Gasteiger partial charge in [-0.05, 0) is 73.2 Å². The fourth-order valence-electron chi connectivity index (χ4n) is 7.11. The summed E-state index contributed by atoms with van der Waals surface area (Å²) in [6, 6.07) is 18.4. The number of ether oxygens (including phenoxy) is 2. The van der Waals surface area contributed by atoms with E-state index < -0.39 is 17.7 Å². The monoisotopic (exact) mass is 686 g/mol. The Balaban J connectivity index is 1.33. The third-order valence-corrected chi connectivity index (χ3v) is 10.1. The highest BCUT2D eigenvalue weighted by Crippen LogP contribution is 2.44. The Labute approximate surface area is 292 Å². The summed E-state index contributed by atoms with van der Waals surface area (Å²) in [5.74, 6) is 2.24. The van der Waals surface area contributed by atoms with Crippen LogP contribution in [0, 0.1) is 5.92 Å². The van der Waals surface area contributed by atoms with Crippen molar-refractivity contribution in [2.24, 2.45) is 5.92 Å². The number of fused-ring (bicyclic) bond motifs is 1. The summed E-state index contributed by atoms with van der Waals surface area (Å²) < 4.78 is 54.8. The first-order valence-electron chi connectivity index (χ1n) is 17.1. The van der Waals surface area contributed by atoms with Crippen LogP contribution in [0.2, 0.25) is 0 Å². The molecule has 2 aromatic carbocycles.